The predicted molar refractivity (Wildman–Crippen MR) is 148 cm³/mol. The minimum atomic E-state index is -0.851. The van der Waals surface area contributed by atoms with Gasteiger partial charge in [0.05, 0.1) is 18.2 Å². The Balaban J connectivity index is 0.000000264. The van der Waals surface area contributed by atoms with Crippen molar-refractivity contribution in [3.8, 4) is 0 Å². The zero-order chi connectivity index (χ0) is 28.1. The summed E-state index contributed by atoms with van der Waals surface area (Å²) in [6.07, 6.45) is 0.380. The van der Waals surface area contributed by atoms with Gasteiger partial charge in [-0.05, 0) is 59.2 Å². The molecule has 0 bridgehead atoms. The van der Waals surface area contributed by atoms with Gasteiger partial charge in [0, 0.05) is 18.8 Å². The van der Waals surface area contributed by atoms with Gasteiger partial charge in [-0.25, -0.2) is 4.79 Å². The van der Waals surface area contributed by atoms with Crippen LogP contribution >= 0.6 is 0 Å². The highest BCUT2D eigenvalue weighted by Crippen LogP contribution is 2.31. The number of hydrogen-bond donors (Lipinski definition) is 3. The van der Waals surface area contributed by atoms with E-state index in [0.29, 0.717) is 25.1 Å². The van der Waals surface area contributed by atoms with Gasteiger partial charge in [-0.2, -0.15) is 0 Å². The highest BCUT2D eigenvalue weighted by Gasteiger charge is 2.25. The van der Waals surface area contributed by atoms with E-state index in [0.717, 1.165) is 23.4 Å². The molecule has 1 saturated heterocycles. The number of carboxylic acid groups (broad SMARTS) is 1. The van der Waals surface area contributed by atoms with Crippen LogP contribution in [0.2, 0.25) is 0 Å². The second-order valence-corrected chi connectivity index (χ2v) is 11.7. The zero-order valence-electron chi connectivity index (χ0n) is 23.2. The number of likely N-dealkylation sites (N-methyl/N-ethyl adjacent to an activating group) is 1. The lowest BCUT2D eigenvalue weighted by Crippen LogP contribution is -2.48. The largest absolute Gasteiger partial charge is 0.478 e. The maximum absolute atomic E-state index is 12.0. The Bertz CT molecular complexity index is 1130. The Morgan fingerprint density at radius 1 is 1.00 bits per heavy atom. The molecule has 2 aromatic carbocycles. The molecule has 1 unspecified atom stereocenters. The third kappa shape index (κ3) is 8.40. The van der Waals surface area contributed by atoms with Gasteiger partial charge < -0.3 is 21.5 Å². The van der Waals surface area contributed by atoms with Crippen LogP contribution in [0.25, 0.3) is 0 Å². The fourth-order valence-corrected chi connectivity index (χ4v) is 4.09. The normalized spacial score (nSPS) is 15.6. The molecule has 3 rings (SSSR count). The molecule has 202 valence electrons. The maximum atomic E-state index is 12.0. The summed E-state index contributed by atoms with van der Waals surface area (Å²) in [6.45, 7) is 14.5. The van der Waals surface area contributed by atoms with Crippen LogP contribution in [0.4, 0.5) is 5.69 Å². The Hall–Kier alpha value is -3.23. The molecule has 0 saturated carbocycles. The number of carbonyl (C=O) groups is 3. The number of nitrogens with zero attached hydrogens (tertiary/aromatic N) is 2. The first-order valence-electron chi connectivity index (χ1n) is 12.5. The van der Waals surface area contributed by atoms with Crippen molar-refractivity contribution in [2.75, 3.05) is 31.6 Å². The Morgan fingerprint density at radius 3 is 2.16 bits per heavy atom. The van der Waals surface area contributed by atoms with Crippen molar-refractivity contribution in [1.29, 1.82) is 0 Å². The molecule has 8 heteroatoms. The number of primary amides is 1. The lowest BCUT2D eigenvalue weighted by Gasteiger charge is -2.32. The van der Waals surface area contributed by atoms with Crippen molar-refractivity contribution in [1.82, 2.24) is 4.90 Å². The molecule has 2 aromatic rings. The number of benzene rings is 2. The fraction of sp³-hybridized carbons (Fsp3) is 0.483. The molecular weight excluding hydrogens is 468 g/mol. The van der Waals surface area contributed by atoms with Gasteiger partial charge in [0.2, 0.25) is 11.8 Å². The lowest BCUT2D eigenvalue weighted by molar-refractivity contribution is -0.121. The van der Waals surface area contributed by atoms with Gasteiger partial charge in [-0.1, -0.05) is 65.8 Å². The number of amides is 2. The molecule has 0 radical (unpaired) electrons. The van der Waals surface area contributed by atoms with E-state index in [1.807, 2.05) is 69.1 Å². The minimum Gasteiger partial charge on any atom is -0.478 e. The highest BCUT2D eigenvalue weighted by atomic mass is 16.4. The van der Waals surface area contributed by atoms with E-state index in [4.69, 9.17) is 11.5 Å². The SMILES string of the molecule is CC(C)(C)c1ccc(C(=O)O)c(C(C)(C)C)c1.CN1CCN(c2cccc(CC(N)C(N)=O)c2)C(=O)C1. The lowest BCUT2D eigenvalue weighted by atomic mass is 9.78. The summed E-state index contributed by atoms with van der Waals surface area (Å²) in [5.74, 6) is -1.29. The Kier molecular flexibility index (Phi) is 9.63. The Labute approximate surface area is 220 Å². The number of nitrogens with two attached hydrogens (primary N) is 2. The van der Waals surface area contributed by atoms with E-state index in [2.05, 4.69) is 20.8 Å². The van der Waals surface area contributed by atoms with Crippen molar-refractivity contribution < 1.29 is 19.5 Å². The molecule has 1 aliphatic rings. The molecule has 1 heterocycles. The van der Waals surface area contributed by atoms with Crippen LogP contribution in [0.1, 0.15) is 68.6 Å². The summed E-state index contributed by atoms with van der Waals surface area (Å²) in [7, 11) is 1.93. The van der Waals surface area contributed by atoms with Crippen LogP contribution in [0.3, 0.4) is 0 Å². The second kappa shape index (κ2) is 11.9. The molecule has 1 fully saturated rings. The minimum absolute atomic E-state index is 0.0387. The van der Waals surface area contributed by atoms with Gasteiger partial charge in [-0.15, -0.1) is 0 Å². The summed E-state index contributed by atoms with van der Waals surface area (Å²) in [4.78, 5) is 38.0. The first kappa shape index (κ1) is 30.0. The van der Waals surface area contributed by atoms with Crippen molar-refractivity contribution in [3.63, 3.8) is 0 Å². The van der Waals surface area contributed by atoms with Crippen LogP contribution in [0.15, 0.2) is 42.5 Å². The topological polar surface area (TPSA) is 130 Å². The Morgan fingerprint density at radius 2 is 1.65 bits per heavy atom. The molecule has 8 nitrogen and oxygen atoms in total. The van der Waals surface area contributed by atoms with E-state index < -0.39 is 17.9 Å². The monoisotopic (exact) mass is 510 g/mol. The van der Waals surface area contributed by atoms with Crippen molar-refractivity contribution in [3.05, 3.63) is 64.7 Å². The molecule has 5 N–H and O–H groups in total. The maximum Gasteiger partial charge on any atom is 0.335 e. The van der Waals surface area contributed by atoms with Crippen LogP contribution < -0.4 is 16.4 Å². The zero-order valence-corrected chi connectivity index (χ0v) is 23.2. The average Bonchev–Trinajstić information content (AvgIpc) is 2.78. The molecule has 37 heavy (non-hydrogen) atoms. The first-order valence-corrected chi connectivity index (χ1v) is 12.5. The number of piperazine rings is 1. The summed E-state index contributed by atoms with van der Waals surface area (Å²) in [5, 5.41) is 9.22. The molecule has 0 aliphatic carbocycles. The predicted octanol–water partition coefficient (Wildman–Crippen LogP) is 3.30. The number of carbonyl (C=O) groups excluding carboxylic acids is 2. The summed E-state index contributed by atoms with van der Waals surface area (Å²) in [5.41, 5.74) is 14.9. The van der Waals surface area contributed by atoms with E-state index in [1.165, 1.54) is 5.56 Å². The molecule has 0 aromatic heterocycles. The van der Waals surface area contributed by atoms with Gasteiger partial charge in [0.25, 0.3) is 0 Å². The van der Waals surface area contributed by atoms with Crippen LogP contribution in [0, 0.1) is 0 Å². The van der Waals surface area contributed by atoms with Gasteiger partial charge >= 0.3 is 5.97 Å². The van der Waals surface area contributed by atoms with E-state index in [9.17, 15) is 19.5 Å². The number of carboxylic acids is 1. The van der Waals surface area contributed by atoms with Crippen molar-refractivity contribution in [2.45, 2.75) is 64.8 Å². The van der Waals surface area contributed by atoms with Crippen LogP contribution in [-0.2, 0) is 26.8 Å². The van der Waals surface area contributed by atoms with E-state index in [-0.39, 0.29) is 16.7 Å². The summed E-state index contributed by atoms with van der Waals surface area (Å²) < 4.78 is 0. The first-order chi connectivity index (χ1) is 17.0. The number of anilines is 1. The number of rotatable bonds is 5. The average molecular weight is 511 g/mol. The van der Waals surface area contributed by atoms with E-state index >= 15 is 0 Å². The molecule has 2 amide bonds. The van der Waals surface area contributed by atoms with Crippen LogP contribution in [0.5, 0.6) is 0 Å². The third-order valence-electron chi connectivity index (χ3n) is 6.38. The molecular formula is C29H42N4O4. The molecule has 0 spiro atoms. The van der Waals surface area contributed by atoms with Gasteiger partial charge in [0.15, 0.2) is 0 Å². The number of aromatic carboxylic acids is 1. The van der Waals surface area contributed by atoms with Crippen molar-refractivity contribution in [2.24, 2.45) is 11.5 Å². The molecule has 1 atom stereocenters. The van der Waals surface area contributed by atoms with Gasteiger partial charge in [-0.3, -0.25) is 14.5 Å². The fourth-order valence-electron chi connectivity index (χ4n) is 4.09. The second-order valence-electron chi connectivity index (χ2n) is 11.7. The smallest absolute Gasteiger partial charge is 0.335 e. The van der Waals surface area contributed by atoms with Crippen molar-refractivity contribution >= 4 is 23.5 Å². The third-order valence-corrected chi connectivity index (χ3v) is 6.38. The van der Waals surface area contributed by atoms with E-state index in [1.54, 1.807) is 11.0 Å². The summed E-state index contributed by atoms with van der Waals surface area (Å²) >= 11 is 0. The molecule has 1 aliphatic heterocycles. The standard InChI is InChI=1S/C15H22O2.C14H20N4O2/c1-14(2,3)10-7-8-11(13(16)17)12(9-10)15(4,5)6;1-17-5-6-18(13(19)9-17)11-4-2-3-10(7-11)8-12(15)14(16)20/h7-9H,1-6H3,(H,16,17);2-4,7,12H,5-6,8-9,15H2,1H3,(H2,16,20). The van der Waals surface area contributed by atoms with Gasteiger partial charge in [0.1, 0.15) is 0 Å². The number of hydrogen-bond acceptors (Lipinski definition) is 5. The summed E-state index contributed by atoms with van der Waals surface area (Å²) in [6, 6.07) is 12.5. The quantitative estimate of drug-likeness (QED) is 0.566. The van der Waals surface area contributed by atoms with Crippen LogP contribution in [-0.4, -0.2) is 60.5 Å². The highest BCUT2D eigenvalue weighted by molar-refractivity contribution is 5.95.